The summed E-state index contributed by atoms with van der Waals surface area (Å²) in [6.45, 7) is 0.455. The van der Waals surface area contributed by atoms with Crippen LogP contribution in [0.5, 0.6) is 0 Å². The lowest BCUT2D eigenvalue weighted by atomic mass is 10.2. The molecule has 0 radical (unpaired) electrons. The first-order valence-corrected chi connectivity index (χ1v) is 5.92. The molecule has 82 valence electrons. The van der Waals surface area contributed by atoms with E-state index in [4.69, 9.17) is 5.73 Å². The Kier molecular flexibility index (Phi) is 3.33. The summed E-state index contributed by atoms with van der Waals surface area (Å²) in [4.78, 5) is 8.63. The van der Waals surface area contributed by atoms with Crippen LogP contribution in [-0.4, -0.2) is 21.6 Å². The quantitative estimate of drug-likeness (QED) is 0.871. The van der Waals surface area contributed by atoms with Crippen molar-refractivity contribution >= 4 is 15.9 Å². The molecule has 5 heteroatoms. The van der Waals surface area contributed by atoms with Gasteiger partial charge in [-0.25, -0.2) is 9.97 Å². The van der Waals surface area contributed by atoms with Crippen molar-refractivity contribution in [2.45, 2.75) is 31.3 Å². The number of aliphatic hydroxyl groups is 1. The Morgan fingerprint density at radius 2 is 2.33 bits per heavy atom. The van der Waals surface area contributed by atoms with E-state index in [2.05, 4.69) is 25.9 Å². The summed E-state index contributed by atoms with van der Waals surface area (Å²) in [7, 11) is 0. The number of halogens is 1. The summed E-state index contributed by atoms with van der Waals surface area (Å²) in [5.41, 5.74) is 6.07. The normalized spacial score (nSPS) is 17.8. The molecule has 15 heavy (non-hydrogen) atoms. The zero-order valence-corrected chi connectivity index (χ0v) is 9.94. The van der Waals surface area contributed by atoms with Gasteiger partial charge in [0.25, 0.3) is 0 Å². The van der Waals surface area contributed by atoms with Crippen LogP contribution in [-0.2, 0) is 0 Å². The lowest BCUT2D eigenvalue weighted by Gasteiger charge is -2.11. The second-order valence-corrected chi connectivity index (χ2v) is 4.68. The van der Waals surface area contributed by atoms with Gasteiger partial charge in [0.1, 0.15) is 5.82 Å². The Labute approximate surface area is 97.1 Å². The lowest BCUT2D eigenvalue weighted by molar-refractivity contribution is 0.164. The summed E-state index contributed by atoms with van der Waals surface area (Å²) in [5.74, 6) is 1.35. The maximum Gasteiger partial charge on any atom is 0.131 e. The SMILES string of the molecule is NCCC(O)c1nc(C2CC2)ncc1Br. The van der Waals surface area contributed by atoms with E-state index in [0.29, 0.717) is 24.6 Å². The Bertz CT molecular complexity index is 355. The number of hydrogen-bond acceptors (Lipinski definition) is 4. The van der Waals surface area contributed by atoms with E-state index in [0.717, 1.165) is 23.1 Å². The van der Waals surface area contributed by atoms with Crippen molar-refractivity contribution in [2.75, 3.05) is 6.54 Å². The van der Waals surface area contributed by atoms with E-state index in [1.807, 2.05) is 0 Å². The lowest BCUT2D eigenvalue weighted by Crippen LogP contribution is -2.10. The number of nitrogens with zero attached hydrogens (tertiary/aromatic N) is 2. The monoisotopic (exact) mass is 271 g/mol. The van der Waals surface area contributed by atoms with Crippen molar-refractivity contribution in [3.8, 4) is 0 Å². The van der Waals surface area contributed by atoms with Crippen LogP contribution < -0.4 is 5.73 Å². The fourth-order valence-corrected chi connectivity index (χ4v) is 1.92. The van der Waals surface area contributed by atoms with Crippen molar-refractivity contribution in [2.24, 2.45) is 5.73 Å². The third-order valence-electron chi connectivity index (χ3n) is 2.49. The maximum absolute atomic E-state index is 9.83. The second-order valence-electron chi connectivity index (χ2n) is 3.83. The minimum atomic E-state index is -0.593. The highest BCUT2D eigenvalue weighted by Gasteiger charge is 2.27. The molecule has 0 amide bonds. The van der Waals surface area contributed by atoms with Gasteiger partial charge < -0.3 is 10.8 Å². The molecule has 2 rings (SSSR count). The molecule has 1 saturated carbocycles. The molecule has 1 unspecified atom stereocenters. The van der Waals surface area contributed by atoms with Gasteiger partial charge in [0.2, 0.25) is 0 Å². The molecule has 1 aromatic heterocycles. The molecule has 1 aliphatic carbocycles. The molecule has 1 atom stereocenters. The van der Waals surface area contributed by atoms with Crippen LogP contribution in [0, 0.1) is 0 Å². The number of hydrogen-bond donors (Lipinski definition) is 2. The smallest absolute Gasteiger partial charge is 0.131 e. The Balaban J connectivity index is 2.23. The second kappa shape index (κ2) is 4.55. The molecule has 1 aromatic rings. The van der Waals surface area contributed by atoms with Crippen LogP contribution in [0.2, 0.25) is 0 Å². The van der Waals surface area contributed by atoms with Gasteiger partial charge in [-0.15, -0.1) is 0 Å². The topological polar surface area (TPSA) is 72.0 Å². The van der Waals surface area contributed by atoms with Crippen molar-refractivity contribution in [3.05, 3.63) is 22.2 Å². The third-order valence-corrected chi connectivity index (χ3v) is 3.10. The summed E-state index contributed by atoms with van der Waals surface area (Å²) in [6.07, 6.45) is 3.97. The van der Waals surface area contributed by atoms with Crippen LogP contribution >= 0.6 is 15.9 Å². The van der Waals surface area contributed by atoms with Crippen LogP contribution in [0.4, 0.5) is 0 Å². The molecule has 1 fully saturated rings. The molecule has 0 spiro atoms. The Morgan fingerprint density at radius 1 is 1.60 bits per heavy atom. The molecule has 1 heterocycles. The highest BCUT2D eigenvalue weighted by atomic mass is 79.9. The van der Waals surface area contributed by atoms with E-state index in [1.54, 1.807) is 6.20 Å². The van der Waals surface area contributed by atoms with Gasteiger partial charge in [-0.3, -0.25) is 0 Å². The highest BCUT2D eigenvalue weighted by Crippen LogP contribution is 2.38. The van der Waals surface area contributed by atoms with Gasteiger partial charge in [-0.05, 0) is 41.7 Å². The predicted octanol–water partition coefficient (Wildman–Crippen LogP) is 1.50. The predicted molar refractivity (Wildman–Crippen MR) is 60.3 cm³/mol. The third kappa shape index (κ3) is 2.53. The maximum atomic E-state index is 9.83. The van der Waals surface area contributed by atoms with Crippen LogP contribution in [0.15, 0.2) is 10.7 Å². The molecule has 0 aliphatic heterocycles. The van der Waals surface area contributed by atoms with Gasteiger partial charge >= 0.3 is 0 Å². The fourth-order valence-electron chi connectivity index (χ4n) is 1.46. The summed E-state index contributed by atoms with van der Waals surface area (Å²) in [6, 6.07) is 0. The van der Waals surface area contributed by atoms with Crippen molar-refractivity contribution in [3.63, 3.8) is 0 Å². The van der Waals surface area contributed by atoms with Crippen LogP contribution in [0.25, 0.3) is 0 Å². The Hall–Kier alpha value is -0.520. The summed E-state index contributed by atoms with van der Waals surface area (Å²) in [5, 5.41) is 9.83. The van der Waals surface area contributed by atoms with Gasteiger partial charge in [0.15, 0.2) is 0 Å². The Morgan fingerprint density at radius 3 is 2.93 bits per heavy atom. The molecule has 3 N–H and O–H groups in total. The molecule has 4 nitrogen and oxygen atoms in total. The van der Waals surface area contributed by atoms with Crippen LogP contribution in [0.3, 0.4) is 0 Å². The zero-order valence-electron chi connectivity index (χ0n) is 8.36. The van der Waals surface area contributed by atoms with E-state index in [9.17, 15) is 5.11 Å². The number of rotatable bonds is 4. The molecular formula is C10H14BrN3O. The zero-order chi connectivity index (χ0) is 10.8. The van der Waals surface area contributed by atoms with E-state index < -0.39 is 6.10 Å². The van der Waals surface area contributed by atoms with E-state index >= 15 is 0 Å². The standard InChI is InChI=1S/C10H14BrN3O/c11-7-5-13-10(6-1-2-6)14-9(7)8(15)3-4-12/h5-6,8,15H,1-4,12H2. The molecule has 0 aromatic carbocycles. The first kappa shape index (κ1) is 11.0. The first-order valence-electron chi connectivity index (χ1n) is 5.13. The minimum Gasteiger partial charge on any atom is -0.387 e. The number of nitrogens with two attached hydrogens (primary N) is 1. The van der Waals surface area contributed by atoms with E-state index in [-0.39, 0.29) is 0 Å². The minimum absolute atomic E-state index is 0.455. The largest absolute Gasteiger partial charge is 0.387 e. The van der Waals surface area contributed by atoms with Crippen molar-refractivity contribution in [1.29, 1.82) is 0 Å². The van der Waals surface area contributed by atoms with Crippen LogP contribution in [0.1, 0.15) is 42.8 Å². The fraction of sp³-hybridized carbons (Fsp3) is 0.600. The molecule has 0 bridgehead atoms. The van der Waals surface area contributed by atoms with Gasteiger partial charge in [0, 0.05) is 12.1 Å². The summed E-state index contributed by atoms with van der Waals surface area (Å²) >= 11 is 3.34. The van der Waals surface area contributed by atoms with Crippen molar-refractivity contribution < 1.29 is 5.11 Å². The first-order chi connectivity index (χ1) is 7.22. The average molecular weight is 272 g/mol. The molecular weight excluding hydrogens is 258 g/mol. The number of aromatic nitrogens is 2. The molecule has 1 aliphatic rings. The average Bonchev–Trinajstić information content (AvgIpc) is 3.02. The number of aliphatic hydroxyl groups excluding tert-OH is 1. The van der Waals surface area contributed by atoms with E-state index in [1.165, 1.54) is 0 Å². The van der Waals surface area contributed by atoms with Gasteiger partial charge in [0.05, 0.1) is 16.3 Å². The van der Waals surface area contributed by atoms with Gasteiger partial charge in [-0.2, -0.15) is 0 Å². The van der Waals surface area contributed by atoms with Crippen molar-refractivity contribution in [1.82, 2.24) is 9.97 Å². The summed E-state index contributed by atoms with van der Waals surface area (Å²) < 4.78 is 0.757. The molecule has 0 saturated heterocycles. The highest BCUT2D eigenvalue weighted by molar-refractivity contribution is 9.10. The van der Waals surface area contributed by atoms with Gasteiger partial charge in [-0.1, -0.05) is 0 Å².